The molecule has 3 fully saturated rings. The van der Waals surface area contributed by atoms with Crippen molar-refractivity contribution in [3.8, 4) is 11.8 Å². The number of nitrogen functional groups attached to an aromatic ring is 1. The van der Waals surface area contributed by atoms with Crippen LogP contribution in [-0.2, 0) is 0 Å². The minimum Gasteiger partial charge on any atom is -0.490 e. The Morgan fingerprint density at radius 1 is 1.05 bits per heavy atom. The van der Waals surface area contributed by atoms with E-state index in [0.29, 0.717) is 31.1 Å². The Morgan fingerprint density at radius 2 is 1.79 bits per heavy atom. The van der Waals surface area contributed by atoms with Gasteiger partial charge in [0.15, 0.2) is 5.75 Å². The van der Waals surface area contributed by atoms with Crippen molar-refractivity contribution in [2.45, 2.75) is 43.9 Å². The second kappa shape index (κ2) is 10.4. The van der Waals surface area contributed by atoms with Gasteiger partial charge in [-0.1, -0.05) is 0 Å². The van der Waals surface area contributed by atoms with Crippen molar-refractivity contribution in [2.24, 2.45) is 17.8 Å². The van der Waals surface area contributed by atoms with E-state index in [1.165, 1.54) is 0 Å². The average molecular weight is 540 g/mol. The molecule has 206 valence electrons. The van der Waals surface area contributed by atoms with Crippen LogP contribution in [0.5, 0.6) is 11.8 Å². The van der Waals surface area contributed by atoms with E-state index in [2.05, 4.69) is 25.3 Å². The predicted octanol–water partition coefficient (Wildman–Crippen LogP) is 2.95. The van der Waals surface area contributed by atoms with Gasteiger partial charge in [0.25, 0.3) is 11.8 Å². The molecule has 0 spiro atoms. The second-order valence-electron chi connectivity index (χ2n) is 10.2. The molecule has 1 saturated heterocycles. The summed E-state index contributed by atoms with van der Waals surface area (Å²) in [6.07, 6.45) is 3.80. The summed E-state index contributed by atoms with van der Waals surface area (Å²) in [5.41, 5.74) is 6.41. The molecule has 0 aromatic carbocycles. The Morgan fingerprint density at radius 3 is 2.45 bits per heavy atom. The Kier molecular flexibility index (Phi) is 7.14. The minimum absolute atomic E-state index is 0.0623. The summed E-state index contributed by atoms with van der Waals surface area (Å²) in [4.78, 5) is 31.1. The van der Waals surface area contributed by atoms with E-state index < -0.39 is 23.7 Å². The lowest BCUT2D eigenvalue weighted by molar-refractivity contribution is -0.108. The number of carbonyl (C=O) groups is 1. The van der Waals surface area contributed by atoms with Gasteiger partial charge in [-0.3, -0.25) is 9.78 Å². The van der Waals surface area contributed by atoms with E-state index in [1.54, 1.807) is 18.5 Å². The maximum Gasteiger partial charge on any atom is 0.321 e. The molecule has 0 bridgehead atoms. The van der Waals surface area contributed by atoms with E-state index in [-0.39, 0.29) is 62.0 Å². The number of ether oxygens (including phenoxy) is 2. The lowest BCUT2D eigenvalue weighted by Crippen LogP contribution is -2.43. The van der Waals surface area contributed by atoms with Crippen molar-refractivity contribution in [3.05, 3.63) is 24.3 Å². The Balaban J connectivity index is 1.21. The van der Waals surface area contributed by atoms with Crippen LogP contribution in [0.4, 0.5) is 29.2 Å². The number of alkyl halides is 4. The van der Waals surface area contributed by atoms with Gasteiger partial charge in [-0.15, -0.1) is 0 Å². The molecule has 1 atom stereocenters. The average Bonchev–Trinajstić information content (AvgIpc) is 3.50. The van der Waals surface area contributed by atoms with Crippen LogP contribution in [0.1, 0.15) is 42.7 Å². The largest absolute Gasteiger partial charge is 0.490 e. The summed E-state index contributed by atoms with van der Waals surface area (Å²) >= 11 is 0. The number of hydrogen-bond donors (Lipinski definition) is 2. The van der Waals surface area contributed by atoms with Gasteiger partial charge in [0.1, 0.15) is 6.61 Å². The van der Waals surface area contributed by atoms with Crippen molar-refractivity contribution < 1.29 is 31.8 Å². The van der Waals surface area contributed by atoms with Crippen LogP contribution < -0.4 is 25.4 Å². The summed E-state index contributed by atoms with van der Waals surface area (Å²) in [5, 5.41) is 2.58. The highest BCUT2D eigenvalue weighted by atomic mass is 19.3. The molecule has 3 N–H and O–H groups in total. The maximum absolute atomic E-state index is 13.3. The Bertz CT molecular complexity index is 1160. The van der Waals surface area contributed by atoms with Gasteiger partial charge in [0.2, 0.25) is 17.7 Å². The number of anilines is 2. The second-order valence-corrected chi connectivity index (χ2v) is 10.2. The normalized spacial score (nSPS) is 22.4. The highest BCUT2D eigenvalue weighted by Crippen LogP contribution is 2.48. The summed E-state index contributed by atoms with van der Waals surface area (Å²) in [5.74, 6) is -6.68. The number of pyridine rings is 1. The molecule has 2 saturated carbocycles. The van der Waals surface area contributed by atoms with Crippen molar-refractivity contribution in [3.63, 3.8) is 0 Å². The molecular weight excluding hydrogens is 510 g/mol. The molecular formula is C24H29F4N7O3. The van der Waals surface area contributed by atoms with Crippen LogP contribution in [0.15, 0.2) is 18.5 Å². The zero-order chi connectivity index (χ0) is 26.9. The van der Waals surface area contributed by atoms with Crippen LogP contribution in [0.2, 0.25) is 0 Å². The monoisotopic (exact) mass is 539 g/mol. The number of rotatable bonds is 10. The quantitative estimate of drug-likeness (QED) is 0.438. The first kappa shape index (κ1) is 26.2. The lowest BCUT2D eigenvalue weighted by atomic mass is 9.81. The van der Waals surface area contributed by atoms with Crippen molar-refractivity contribution in [1.29, 1.82) is 0 Å². The number of hydrogen-bond acceptors (Lipinski definition) is 9. The first-order chi connectivity index (χ1) is 18.1. The first-order valence-corrected chi connectivity index (χ1v) is 12.6. The standard InChI is InChI=1S/C24H29F4N7O3/c25-23(26)7-15(8-23)10-31-20(36)19-32-21(34-22(33-19)38-13-16-9-24(16,27)28)35-5-2-14(3-6-35)12-37-18-11-30-4-1-17(18)29/h1,4,11,14-16H,2-3,5-10,12-13H2,(H2,29,30)(H,31,36). The molecule has 2 aliphatic carbocycles. The summed E-state index contributed by atoms with van der Waals surface area (Å²) in [6.45, 7) is 1.34. The van der Waals surface area contributed by atoms with E-state index in [9.17, 15) is 22.4 Å². The van der Waals surface area contributed by atoms with E-state index in [0.717, 1.165) is 12.8 Å². The summed E-state index contributed by atoms with van der Waals surface area (Å²) < 4.78 is 64.0. The van der Waals surface area contributed by atoms with Gasteiger partial charge < -0.3 is 25.4 Å². The van der Waals surface area contributed by atoms with Crippen molar-refractivity contribution in [2.75, 3.05) is 43.5 Å². The fourth-order valence-corrected chi connectivity index (χ4v) is 4.54. The molecule has 2 aromatic rings. The van der Waals surface area contributed by atoms with Gasteiger partial charge in [0.05, 0.1) is 24.4 Å². The number of halogens is 4. The smallest absolute Gasteiger partial charge is 0.321 e. The number of nitrogens with zero attached hydrogens (tertiary/aromatic N) is 5. The highest BCUT2D eigenvalue weighted by Gasteiger charge is 2.57. The topological polar surface area (TPSA) is 128 Å². The molecule has 1 unspecified atom stereocenters. The minimum atomic E-state index is -2.77. The lowest BCUT2D eigenvalue weighted by Gasteiger charge is -2.34. The summed E-state index contributed by atoms with van der Waals surface area (Å²) in [7, 11) is 0. The zero-order valence-electron chi connectivity index (χ0n) is 20.6. The molecule has 0 radical (unpaired) electrons. The first-order valence-electron chi connectivity index (χ1n) is 12.6. The van der Waals surface area contributed by atoms with Gasteiger partial charge >= 0.3 is 6.01 Å². The van der Waals surface area contributed by atoms with Crippen molar-refractivity contribution in [1.82, 2.24) is 25.3 Å². The fourth-order valence-electron chi connectivity index (χ4n) is 4.54. The van der Waals surface area contributed by atoms with Gasteiger partial charge in [-0.05, 0) is 30.7 Å². The summed E-state index contributed by atoms with van der Waals surface area (Å²) in [6, 6.07) is 1.44. The molecule has 1 amide bonds. The molecule has 3 aliphatic rings. The third-order valence-corrected chi connectivity index (χ3v) is 7.09. The van der Waals surface area contributed by atoms with Crippen LogP contribution in [0.3, 0.4) is 0 Å². The maximum atomic E-state index is 13.3. The van der Waals surface area contributed by atoms with Gasteiger partial charge in [0, 0.05) is 45.1 Å². The SMILES string of the molecule is Nc1ccncc1OCC1CCN(c2nc(OCC3CC3(F)F)nc(C(=O)NCC3CC(F)(F)C3)n2)CC1. The molecule has 14 heteroatoms. The van der Waals surface area contributed by atoms with E-state index in [1.807, 2.05) is 4.90 Å². The fraction of sp³-hybridized carbons (Fsp3) is 0.625. The van der Waals surface area contributed by atoms with Gasteiger partial charge in [-0.2, -0.15) is 15.0 Å². The number of amides is 1. The number of nitrogens with two attached hydrogens (primary N) is 1. The van der Waals surface area contributed by atoms with Gasteiger partial charge in [-0.25, -0.2) is 17.6 Å². The third kappa shape index (κ3) is 6.33. The number of nitrogens with one attached hydrogen (secondary N) is 1. The van der Waals surface area contributed by atoms with Crippen LogP contribution >= 0.6 is 0 Å². The molecule has 10 nitrogen and oxygen atoms in total. The highest BCUT2D eigenvalue weighted by molar-refractivity contribution is 5.90. The molecule has 38 heavy (non-hydrogen) atoms. The van der Waals surface area contributed by atoms with Crippen LogP contribution in [0, 0.1) is 17.8 Å². The molecule has 1 aliphatic heterocycles. The number of aromatic nitrogens is 4. The molecule has 3 heterocycles. The van der Waals surface area contributed by atoms with Crippen molar-refractivity contribution >= 4 is 17.5 Å². The number of piperidine rings is 1. The molecule has 2 aromatic heterocycles. The number of carbonyl (C=O) groups excluding carboxylic acids is 1. The predicted molar refractivity (Wildman–Crippen MR) is 127 cm³/mol. The van der Waals surface area contributed by atoms with E-state index in [4.69, 9.17) is 15.2 Å². The van der Waals surface area contributed by atoms with Crippen LogP contribution in [-0.4, -0.2) is 70.5 Å². The van der Waals surface area contributed by atoms with Crippen LogP contribution in [0.25, 0.3) is 0 Å². The molecule has 5 rings (SSSR count). The Hall–Kier alpha value is -3.45. The Labute approximate surface area is 216 Å². The third-order valence-electron chi connectivity index (χ3n) is 7.09. The van der Waals surface area contributed by atoms with E-state index >= 15 is 0 Å². The zero-order valence-corrected chi connectivity index (χ0v) is 20.6.